The normalized spacial score (nSPS) is 16.3. The van der Waals surface area contributed by atoms with E-state index in [2.05, 4.69) is 46.5 Å². The number of halogens is 1. The van der Waals surface area contributed by atoms with Crippen LogP contribution in [-0.4, -0.2) is 43.6 Å². The van der Waals surface area contributed by atoms with Crippen molar-refractivity contribution in [2.45, 2.75) is 52.1 Å². The van der Waals surface area contributed by atoms with E-state index in [4.69, 9.17) is 4.42 Å². The van der Waals surface area contributed by atoms with Crippen molar-refractivity contribution in [3.05, 3.63) is 35.6 Å². The number of para-hydroxylation sites is 1. The van der Waals surface area contributed by atoms with Crippen LogP contribution in [0.25, 0.3) is 11.0 Å². The number of piperidine rings is 1. The van der Waals surface area contributed by atoms with E-state index in [1.807, 2.05) is 19.2 Å². The molecule has 5 nitrogen and oxygen atoms in total. The highest BCUT2D eigenvalue weighted by Gasteiger charge is 2.19. The Bertz CT molecular complexity index is 735. The maximum Gasteiger partial charge on any atom is 0.191 e. The van der Waals surface area contributed by atoms with Crippen LogP contribution in [0.4, 0.5) is 0 Å². The van der Waals surface area contributed by atoms with Gasteiger partial charge in [-0.25, -0.2) is 0 Å². The van der Waals surface area contributed by atoms with Crippen LogP contribution in [0.15, 0.2) is 33.7 Å². The summed E-state index contributed by atoms with van der Waals surface area (Å²) in [6, 6.07) is 8.68. The van der Waals surface area contributed by atoms with E-state index < -0.39 is 0 Å². The second-order valence-electron chi connectivity index (χ2n) is 7.19. The summed E-state index contributed by atoms with van der Waals surface area (Å²) in [4.78, 5) is 6.97. The third-order valence-corrected chi connectivity index (χ3v) is 5.34. The molecule has 0 radical (unpaired) electrons. The summed E-state index contributed by atoms with van der Waals surface area (Å²) in [5.74, 6) is 1.83. The molecule has 0 spiro atoms. The van der Waals surface area contributed by atoms with Gasteiger partial charge in [0.15, 0.2) is 5.96 Å². The highest BCUT2D eigenvalue weighted by Crippen LogP contribution is 2.24. The molecule has 1 aliphatic heterocycles. The second-order valence-corrected chi connectivity index (χ2v) is 7.19. The maximum atomic E-state index is 5.98. The number of guanidine groups is 1. The van der Waals surface area contributed by atoms with Gasteiger partial charge in [-0.2, -0.15) is 0 Å². The van der Waals surface area contributed by atoms with Crippen LogP contribution in [0.2, 0.25) is 0 Å². The van der Waals surface area contributed by atoms with Crippen LogP contribution in [-0.2, 0) is 6.54 Å². The second kappa shape index (κ2) is 10.9. The quantitative estimate of drug-likeness (QED) is 0.365. The topological polar surface area (TPSA) is 52.8 Å². The third-order valence-electron chi connectivity index (χ3n) is 5.34. The lowest BCUT2D eigenvalue weighted by Crippen LogP contribution is -2.48. The minimum absolute atomic E-state index is 0. The van der Waals surface area contributed by atoms with Gasteiger partial charge >= 0.3 is 0 Å². The monoisotopic (exact) mass is 484 g/mol. The van der Waals surface area contributed by atoms with E-state index in [-0.39, 0.29) is 24.0 Å². The fraction of sp³-hybridized carbons (Fsp3) is 0.571. The van der Waals surface area contributed by atoms with Crippen LogP contribution >= 0.6 is 24.0 Å². The molecular formula is C21H33IN4O. The van der Waals surface area contributed by atoms with Crippen LogP contribution in [0.3, 0.4) is 0 Å². The van der Waals surface area contributed by atoms with Crippen molar-refractivity contribution in [2.24, 2.45) is 4.99 Å². The molecule has 1 aromatic heterocycles. The minimum Gasteiger partial charge on any atom is -0.459 e. The summed E-state index contributed by atoms with van der Waals surface area (Å²) in [5.41, 5.74) is 2.15. The molecule has 1 aliphatic rings. The molecule has 1 saturated heterocycles. The average Bonchev–Trinajstić information content (AvgIpc) is 3.00. The molecule has 1 aromatic carbocycles. The minimum atomic E-state index is 0. The van der Waals surface area contributed by atoms with Gasteiger partial charge in [-0.1, -0.05) is 31.5 Å². The lowest BCUT2D eigenvalue weighted by atomic mass is 10.0. The smallest absolute Gasteiger partial charge is 0.191 e. The van der Waals surface area contributed by atoms with Crippen molar-refractivity contribution in [1.82, 2.24) is 15.5 Å². The van der Waals surface area contributed by atoms with E-state index in [1.54, 1.807) is 0 Å². The van der Waals surface area contributed by atoms with E-state index in [1.165, 1.54) is 56.3 Å². The van der Waals surface area contributed by atoms with Gasteiger partial charge in [-0.3, -0.25) is 4.99 Å². The Balaban J connectivity index is 0.00000261. The molecule has 0 saturated carbocycles. The number of nitrogens with zero attached hydrogens (tertiary/aromatic N) is 2. The molecule has 0 amide bonds. The van der Waals surface area contributed by atoms with Crippen molar-refractivity contribution in [2.75, 3.05) is 26.7 Å². The SMILES string of the molecule is CCCCN1CCC(NC(=NC)NCc2oc3ccccc3c2C)CC1.I. The number of furan rings is 1. The Morgan fingerprint density at radius 1 is 1.26 bits per heavy atom. The van der Waals surface area contributed by atoms with Gasteiger partial charge in [0, 0.05) is 37.1 Å². The van der Waals surface area contributed by atoms with Gasteiger partial charge < -0.3 is 20.0 Å². The first-order valence-electron chi connectivity index (χ1n) is 9.87. The summed E-state index contributed by atoms with van der Waals surface area (Å²) in [6.45, 7) is 8.62. The van der Waals surface area contributed by atoms with E-state index >= 15 is 0 Å². The summed E-state index contributed by atoms with van der Waals surface area (Å²) < 4.78 is 5.98. The molecule has 0 aliphatic carbocycles. The van der Waals surface area contributed by atoms with Gasteiger partial charge in [0.2, 0.25) is 0 Å². The van der Waals surface area contributed by atoms with Crippen molar-refractivity contribution >= 4 is 40.9 Å². The van der Waals surface area contributed by atoms with Gasteiger partial charge in [-0.05, 0) is 38.8 Å². The largest absolute Gasteiger partial charge is 0.459 e. The van der Waals surface area contributed by atoms with Crippen molar-refractivity contribution in [3.63, 3.8) is 0 Å². The molecule has 2 heterocycles. The molecule has 2 N–H and O–H groups in total. The third kappa shape index (κ3) is 5.85. The maximum absolute atomic E-state index is 5.98. The van der Waals surface area contributed by atoms with Crippen LogP contribution in [0, 0.1) is 6.92 Å². The molecule has 0 bridgehead atoms. The number of nitrogens with one attached hydrogen (secondary N) is 2. The molecule has 0 atom stereocenters. The van der Waals surface area contributed by atoms with Gasteiger partial charge in [0.1, 0.15) is 11.3 Å². The summed E-state index contributed by atoms with van der Waals surface area (Å²) in [6.07, 6.45) is 4.93. The van der Waals surface area contributed by atoms with Crippen LogP contribution < -0.4 is 10.6 Å². The molecule has 6 heteroatoms. The first-order valence-corrected chi connectivity index (χ1v) is 9.87. The Morgan fingerprint density at radius 3 is 2.67 bits per heavy atom. The lowest BCUT2D eigenvalue weighted by molar-refractivity contribution is 0.203. The number of unbranched alkanes of at least 4 members (excludes halogenated alkanes) is 1. The zero-order chi connectivity index (χ0) is 18.4. The Morgan fingerprint density at radius 2 is 2.00 bits per heavy atom. The summed E-state index contributed by atoms with van der Waals surface area (Å²) in [5, 5.41) is 8.17. The number of hydrogen-bond donors (Lipinski definition) is 2. The fourth-order valence-corrected chi connectivity index (χ4v) is 3.63. The van der Waals surface area contributed by atoms with E-state index in [0.29, 0.717) is 12.6 Å². The number of hydrogen-bond acceptors (Lipinski definition) is 3. The lowest BCUT2D eigenvalue weighted by Gasteiger charge is -2.33. The number of fused-ring (bicyclic) bond motifs is 1. The first-order chi connectivity index (χ1) is 12.7. The predicted octanol–water partition coefficient (Wildman–Crippen LogP) is 4.29. The molecule has 1 fully saturated rings. The molecular weight excluding hydrogens is 451 g/mol. The molecule has 0 unspecified atom stereocenters. The highest BCUT2D eigenvalue weighted by molar-refractivity contribution is 14.0. The molecule has 27 heavy (non-hydrogen) atoms. The Labute approximate surface area is 180 Å². The van der Waals surface area contributed by atoms with E-state index in [9.17, 15) is 0 Å². The zero-order valence-corrected chi connectivity index (χ0v) is 19.1. The molecule has 150 valence electrons. The van der Waals surface area contributed by atoms with Crippen LogP contribution in [0.1, 0.15) is 43.9 Å². The summed E-state index contributed by atoms with van der Waals surface area (Å²) >= 11 is 0. The standard InChI is InChI=1S/C21H32N4O.HI/c1-4-5-12-25-13-10-17(11-14-25)24-21(22-3)23-15-20-16(2)18-8-6-7-9-19(18)26-20;/h6-9,17H,4-5,10-15H2,1-3H3,(H2,22,23,24);1H. The Hall–Kier alpha value is -1.28. The van der Waals surface area contributed by atoms with Crippen molar-refractivity contribution in [1.29, 1.82) is 0 Å². The number of rotatable bonds is 6. The number of aliphatic imine (C=N–C) groups is 1. The number of likely N-dealkylation sites (tertiary alicyclic amines) is 1. The van der Waals surface area contributed by atoms with Crippen LogP contribution in [0.5, 0.6) is 0 Å². The molecule has 3 rings (SSSR count). The van der Waals surface area contributed by atoms with Crippen molar-refractivity contribution in [3.8, 4) is 0 Å². The molecule has 2 aromatic rings. The van der Waals surface area contributed by atoms with E-state index in [0.717, 1.165) is 17.3 Å². The van der Waals surface area contributed by atoms with Gasteiger partial charge in [0.05, 0.1) is 6.54 Å². The average molecular weight is 484 g/mol. The van der Waals surface area contributed by atoms with Gasteiger partial charge in [-0.15, -0.1) is 24.0 Å². The first kappa shape index (κ1) is 22.0. The highest BCUT2D eigenvalue weighted by atomic mass is 127. The summed E-state index contributed by atoms with van der Waals surface area (Å²) in [7, 11) is 1.83. The Kier molecular flexibility index (Phi) is 8.89. The number of aryl methyl sites for hydroxylation is 1. The van der Waals surface area contributed by atoms with Gasteiger partial charge in [0.25, 0.3) is 0 Å². The predicted molar refractivity (Wildman–Crippen MR) is 124 cm³/mol. The zero-order valence-electron chi connectivity index (χ0n) is 16.8. The number of benzene rings is 1. The fourth-order valence-electron chi connectivity index (χ4n) is 3.63. The van der Waals surface area contributed by atoms with Crippen molar-refractivity contribution < 1.29 is 4.42 Å².